The number of methoxy groups -OCH3 is 1. The maximum atomic E-state index is 12.0. The van der Waals surface area contributed by atoms with Crippen molar-refractivity contribution < 1.29 is 14.3 Å². The third-order valence-corrected chi connectivity index (χ3v) is 3.93. The first kappa shape index (κ1) is 16.8. The molecule has 0 atom stereocenters. The summed E-state index contributed by atoms with van der Waals surface area (Å²) in [6.45, 7) is 3.08. The highest BCUT2D eigenvalue weighted by Gasteiger charge is 2.09. The number of hydrogen-bond acceptors (Lipinski definition) is 4. The molecule has 0 bridgehead atoms. The standard InChI is InChI=1S/C19H21N3O3/c1-14-21-15-7-3-4-8-16(15)22(14)12-11-20-19(23)13-25-18-10-6-5-9-17(18)24-2/h3-10H,11-13H2,1-2H3,(H,20,23). The van der Waals surface area contributed by atoms with Gasteiger partial charge in [0, 0.05) is 13.1 Å². The van der Waals surface area contributed by atoms with Gasteiger partial charge in [-0.3, -0.25) is 4.79 Å². The Labute approximate surface area is 146 Å². The fraction of sp³-hybridized carbons (Fsp3) is 0.263. The zero-order valence-electron chi connectivity index (χ0n) is 14.4. The van der Waals surface area contributed by atoms with Gasteiger partial charge in [0.1, 0.15) is 5.82 Å². The van der Waals surface area contributed by atoms with Crippen LogP contribution in [0.25, 0.3) is 11.0 Å². The number of para-hydroxylation sites is 4. The fourth-order valence-electron chi connectivity index (χ4n) is 2.72. The number of ether oxygens (including phenoxy) is 2. The number of imidazole rings is 1. The van der Waals surface area contributed by atoms with Gasteiger partial charge in [-0.2, -0.15) is 0 Å². The smallest absolute Gasteiger partial charge is 0.258 e. The van der Waals surface area contributed by atoms with E-state index in [0.29, 0.717) is 24.6 Å². The van der Waals surface area contributed by atoms with Crippen LogP contribution >= 0.6 is 0 Å². The molecule has 0 saturated heterocycles. The predicted octanol–water partition coefficient (Wildman–Crippen LogP) is 2.55. The maximum absolute atomic E-state index is 12.0. The van der Waals surface area contributed by atoms with E-state index in [0.717, 1.165) is 16.9 Å². The Morgan fingerprint density at radius 2 is 1.84 bits per heavy atom. The summed E-state index contributed by atoms with van der Waals surface area (Å²) in [4.78, 5) is 16.5. The molecule has 0 fully saturated rings. The lowest BCUT2D eigenvalue weighted by Crippen LogP contribution is -2.31. The largest absolute Gasteiger partial charge is 0.493 e. The van der Waals surface area contributed by atoms with Crippen LogP contribution in [0.5, 0.6) is 11.5 Å². The van der Waals surface area contributed by atoms with Crippen molar-refractivity contribution in [3.63, 3.8) is 0 Å². The molecule has 130 valence electrons. The van der Waals surface area contributed by atoms with Gasteiger partial charge in [-0.15, -0.1) is 0 Å². The SMILES string of the molecule is COc1ccccc1OCC(=O)NCCn1c(C)nc2ccccc21. The van der Waals surface area contributed by atoms with Gasteiger partial charge in [0.15, 0.2) is 18.1 Å². The molecule has 0 unspecified atom stereocenters. The van der Waals surface area contributed by atoms with Gasteiger partial charge < -0.3 is 19.4 Å². The lowest BCUT2D eigenvalue weighted by atomic mass is 10.3. The summed E-state index contributed by atoms with van der Waals surface area (Å²) >= 11 is 0. The second-order valence-electron chi connectivity index (χ2n) is 5.59. The molecule has 1 N–H and O–H groups in total. The lowest BCUT2D eigenvalue weighted by molar-refractivity contribution is -0.123. The zero-order valence-corrected chi connectivity index (χ0v) is 14.4. The third-order valence-electron chi connectivity index (χ3n) is 3.93. The van der Waals surface area contributed by atoms with Crippen LogP contribution in [0, 0.1) is 6.92 Å². The van der Waals surface area contributed by atoms with E-state index in [9.17, 15) is 4.79 Å². The Hall–Kier alpha value is -3.02. The number of aromatic nitrogens is 2. The monoisotopic (exact) mass is 339 g/mol. The Kier molecular flexibility index (Phi) is 5.18. The van der Waals surface area contributed by atoms with E-state index in [1.807, 2.05) is 43.3 Å². The van der Waals surface area contributed by atoms with E-state index in [2.05, 4.69) is 14.9 Å². The van der Waals surface area contributed by atoms with E-state index >= 15 is 0 Å². The minimum absolute atomic E-state index is 0.0516. The first-order valence-electron chi connectivity index (χ1n) is 8.13. The predicted molar refractivity (Wildman–Crippen MR) is 96.0 cm³/mol. The first-order chi connectivity index (χ1) is 12.2. The number of hydrogen-bond donors (Lipinski definition) is 1. The molecule has 2 aromatic carbocycles. The number of nitrogens with one attached hydrogen (secondary N) is 1. The van der Waals surface area contributed by atoms with Crippen LogP contribution in [0.15, 0.2) is 48.5 Å². The number of rotatable bonds is 7. The molecule has 25 heavy (non-hydrogen) atoms. The molecular formula is C19H21N3O3. The van der Waals surface area contributed by atoms with Crippen molar-refractivity contribution in [2.75, 3.05) is 20.3 Å². The molecule has 0 saturated carbocycles. The summed E-state index contributed by atoms with van der Waals surface area (Å²) in [5.41, 5.74) is 2.03. The van der Waals surface area contributed by atoms with Gasteiger partial charge >= 0.3 is 0 Å². The summed E-state index contributed by atoms with van der Waals surface area (Å²) in [6.07, 6.45) is 0. The van der Waals surface area contributed by atoms with Gasteiger partial charge in [0.25, 0.3) is 5.91 Å². The fourth-order valence-corrected chi connectivity index (χ4v) is 2.72. The number of carbonyl (C=O) groups excluding carboxylic acids is 1. The molecule has 3 rings (SSSR count). The summed E-state index contributed by atoms with van der Waals surface area (Å²) in [6, 6.07) is 15.2. The number of amides is 1. The zero-order chi connectivity index (χ0) is 17.6. The third kappa shape index (κ3) is 3.91. The van der Waals surface area contributed by atoms with E-state index in [1.54, 1.807) is 19.2 Å². The summed E-state index contributed by atoms with van der Waals surface area (Å²) in [5.74, 6) is 1.92. The quantitative estimate of drug-likeness (QED) is 0.718. The molecule has 1 aromatic heterocycles. The van der Waals surface area contributed by atoms with Crippen molar-refractivity contribution >= 4 is 16.9 Å². The van der Waals surface area contributed by atoms with Gasteiger partial charge in [0.2, 0.25) is 0 Å². The second-order valence-corrected chi connectivity index (χ2v) is 5.59. The van der Waals surface area contributed by atoms with Crippen LogP contribution in [0.4, 0.5) is 0 Å². The van der Waals surface area contributed by atoms with Gasteiger partial charge in [0.05, 0.1) is 18.1 Å². The number of nitrogens with zero attached hydrogens (tertiary/aromatic N) is 2. The van der Waals surface area contributed by atoms with Crippen LogP contribution in [-0.4, -0.2) is 35.7 Å². The number of fused-ring (bicyclic) bond motifs is 1. The summed E-state index contributed by atoms with van der Waals surface area (Å²) in [7, 11) is 1.57. The highest BCUT2D eigenvalue weighted by atomic mass is 16.5. The molecule has 0 aliphatic rings. The van der Waals surface area contributed by atoms with Gasteiger partial charge in [-0.25, -0.2) is 4.98 Å². The highest BCUT2D eigenvalue weighted by Crippen LogP contribution is 2.25. The molecule has 6 heteroatoms. The average Bonchev–Trinajstić information content (AvgIpc) is 2.96. The van der Waals surface area contributed by atoms with Crippen molar-refractivity contribution in [2.45, 2.75) is 13.5 Å². The van der Waals surface area contributed by atoms with Crippen LogP contribution in [0.3, 0.4) is 0 Å². The Balaban J connectivity index is 1.52. The minimum atomic E-state index is -0.173. The van der Waals surface area contributed by atoms with Crippen molar-refractivity contribution in [2.24, 2.45) is 0 Å². The number of aryl methyl sites for hydroxylation is 1. The highest BCUT2D eigenvalue weighted by molar-refractivity contribution is 5.78. The minimum Gasteiger partial charge on any atom is -0.493 e. The molecule has 0 spiro atoms. The van der Waals surface area contributed by atoms with Gasteiger partial charge in [-0.05, 0) is 31.2 Å². The molecule has 3 aromatic rings. The summed E-state index contributed by atoms with van der Waals surface area (Å²) < 4.78 is 12.8. The number of benzene rings is 2. The molecular weight excluding hydrogens is 318 g/mol. The number of carbonyl (C=O) groups is 1. The molecule has 0 aliphatic heterocycles. The van der Waals surface area contributed by atoms with Crippen molar-refractivity contribution in [3.8, 4) is 11.5 Å². The van der Waals surface area contributed by atoms with Crippen molar-refractivity contribution in [3.05, 3.63) is 54.4 Å². The second kappa shape index (κ2) is 7.70. The van der Waals surface area contributed by atoms with E-state index in [1.165, 1.54) is 0 Å². The first-order valence-corrected chi connectivity index (χ1v) is 8.13. The lowest BCUT2D eigenvalue weighted by Gasteiger charge is -2.11. The van der Waals surface area contributed by atoms with E-state index in [-0.39, 0.29) is 12.5 Å². The summed E-state index contributed by atoms with van der Waals surface area (Å²) in [5, 5.41) is 2.87. The average molecular weight is 339 g/mol. The molecule has 0 radical (unpaired) electrons. The van der Waals surface area contributed by atoms with Crippen molar-refractivity contribution in [1.82, 2.24) is 14.9 Å². The molecule has 1 amide bonds. The molecule has 6 nitrogen and oxygen atoms in total. The van der Waals surface area contributed by atoms with Crippen LogP contribution in [0.2, 0.25) is 0 Å². The van der Waals surface area contributed by atoms with Crippen LogP contribution < -0.4 is 14.8 Å². The van der Waals surface area contributed by atoms with Crippen LogP contribution in [-0.2, 0) is 11.3 Å². The topological polar surface area (TPSA) is 65.4 Å². The van der Waals surface area contributed by atoms with Gasteiger partial charge in [-0.1, -0.05) is 24.3 Å². The van der Waals surface area contributed by atoms with Crippen molar-refractivity contribution in [1.29, 1.82) is 0 Å². The Morgan fingerprint density at radius 1 is 1.12 bits per heavy atom. The van der Waals surface area contributed by atoms with Crippen LogP contribution in [0.1, 0.15) is 5.82 Å². The maximum Gasteiger partial charge on any atom is 0.258 e. The molecule has 1 heterocycles. The molecule has 0 aliphatic carbocycles. The Morgan fingerprint density at radius 3 is 2.64 bits per heavy atom. The van der Waals surface area contributed by atoms with E-state index < -0.39 is 0 Å². The Bertz CT molecular complexity index is 873. The normalized spacial score (nSPS) is 10.6. The van der Waals surface area contributed by atoms with E-state index in [4.69, 9.17) is 9.47 Å².